The average molecular weight is 222 g/mol. The van der Waals surface area contributed by atoms with Gasteiger partial charge < -0.3 is 0 Å². The van der Waals surface area contributed by atoms with E-state index in [2.05, 4.69) is 0 Å². The van der Waals surface area contributed by atoms with Gasteiger partial charge in [-0.1, -0.05) is 0 Å². The summed E-state index contributed by atoms with van der Waals surface area (Å²) in [6.45, 7) is 0. The van der Waals surface area contributed by atoms with E-state index in [1.54, 1.807) is 0 Å². The van der Waals surface area contributed by atoms with Gasteiger partial charge in [-0.2, -0.15) is 0 Å². The average Bonchev–Trinajstić information content (AvgIpc) is 0. The molecule has 0 aromatic rings. The second-order valence-electron chi connectivity index (χ2n) is 0. The fourth-order valence-electron chi connectivity index (χ4n) is 0. The SMILES string of the molecule is [AlH3].[Cu].[Mo].[SiH4]. The predicted octanol–water partition coefficient (Wildman–Crippen LogP) is -2.64. The van der Waals surface area contributed by atoms with Crippen LogP contribution in [0.2, 0.25) is 0 Å². The van der Waals surface area contributed by atoms with Crippen LogP contribution in [-0.4, -0.2) is 28.3 Å². The molecule has 0 rings (SSSR count). The van der Waals surface area contributed by atoms with Gasteiger partial charge in [-0.3, -0.25) is 0 Å². The minimum atomic E-state index is 0. The molecule has 0 aliphatic heterocycles. The van der Waals surface area contributed by atoms with Crippen LogP contribution in [0.1, 0.15) is 0 Å². The van der Waals surface area contributed by atoms with Crippen LogP contribution in [0.15, 0.2) is 0 Å². The molecule has 0 spiro atoms. The van der Waals surface area contributed by atoms with Gasteiger partial charge in [-0.15, -0.1) is 0 Å². The Hall–Kier alpha value is 1.96. The maximum atomic E-state index is 0. The van der Waals surface area contributed by atoms with Crippen molar-refractivity contribution < 1.29 is 38.1 Å². The molecule has 0 aliphatic carbocycles. The van der Waals surface area contributed by atoms with E-state index in [4.69, 9.17) is 0 Å². The molecule has 0 amide bonds. The van der Waals surface area contributed by atoms with Crippen LogP contribution in [0.3, 0.4) is 0 Å². The van der Waals surface area contributed by atoms with Crippen molar-refractivity contribution in [2.24, 2.45) is 0 Å². The van der Waals surface area contributed by atoms with Crippen molar-refractivity contribution >= 4 is 28.3 Å². The third-order valence-electron chi connectivity index (χ3n) is 0. The summed E-state index contributed by atoms with van der Waals surface area (Å²) in [6, 6.07) is 0. The van der Waals surface area contributed by atoms with Gasteiger partial charge in [0, 0.05) is 38.1 Å². The fourth-order valence-corrected chi connectivity index (χ4v) is 0. The van der Waals surface area contributed by atoms with Gasteiger partial charge in [-0.25, -0.2) is 0 Å². The van der Waals surface area contributed by atoms with E-state index in [-0.39, 0.29) is 66.5 Å². The zero-order chi connectivity index (χ0) is 0. The van der Waals surface area contributed by atoms with Crippen molar-refractivity contribution in [3.8, 4) is 0 Å². The second-order valence-corrected chi connectivity index (χ2v) is 0. The third-order valence-corrected chi connectivity index (χ3v) is 0. The Morgan fingerprint density at radius 1 is 1.00 bits per heavy atom. The van der Waals surface area contributed by atoms with Crippen molar-refractivity contribution in [2.75, 3.05) is 0 Å². The molecule has 0 heterocycles. The molecule has 0 aliphatic rings. The van der Waals surface area contributed by atoms with E-state index in [9.17, 15) is 0 Å². The maximum Gasteiger partial charge on any atom is 0.187 e. The van der Waals surface area contributed by atoms with Crippen molar-refractivity contribution in [2.45, 2.75) is 0 Å². The Balaban J connectivity index is 0. The number of hydrogen-bond donors (Lipinski definition) is 0. The van der Waals surface area contributed by atoms with Crippen LogP contribution in [0.4, 0.5) is 0 Å². The molecule has 0 N–H and O–H groups in total. The van der Waals surface area contributed by atoms with Crippen LogP contribution in [0.5, 0.6) is 0 Å². The van der Waals surface area contributed by atoms with E-state index in [1.807, 2.05) is 0 Å². The zero-order valence-corrected chi connectivity index (χ0v) is 3.66. The number of rotatable bonds is 0. The largest absolute Gasteiger partial charge is 0.187 e. The van der Waals surface area contributed by atoms with E-state index >= 15 is 0 Å². The third kappa shape index (κ3) is 9.03. The molecule has 0 atom stereocenters. The molecule has 1 radical (unpaired) electrons. The van der Waals surface area contributed by atoms with Crippen molar-refractivity contribution in [3.63, 3.8) is 0 Å². The van der Waals surface area contributed by atoms with Crippen molar-refractivity contribution in [1.29, 1.82) is 0 Å². The summed E-state index contributed by atoms with van der Waals surface area (Å²) in [6.07, 6.45) is 0. The Morgan fingerprint density at radius 2 is 1.00 bits per heavy atom. The van der Waals surface area contributed by atoms with Crippen LogP contribution in [0.25, 0.3) is 0 Å². The first-order chi connectivity index (χ1) is 0. The minimum Gasteiger partial charge on any atom is -0.0149 e. The fraction of sp³-hybridized carbons (Fsp3) is 0. The van der Waals surface area contributed by atoms with Gasteiger partial charge in [-0.05, 0) is 11.0 Å². The topological polar surface area (TPSA) is 0 Å². The van der Waals surface area contributed by atoms with Gasteiger partial charge in [0.15, 0.2) is 17.4 Å². The van der Waals surface area contributed by atoms with E-state index in [1.165, 1.54) is 0 Å². The second kappa shape index (κ2) is 20.3. The number of hydrogen-bond acceptors (Lipinski definition) is 0. The molecule has 0 bridgehead atoms. The molecule has 4 heavy (non-hydrogen) atoms. The molecule has 0 unspecified atom stereocenters. The Morgan fingerprint density at radius 3 is 1.00 bits per heavy atom. The summed E-state index contributed by atoms with van der Waals surface area (Å²) in [5.74, 6) is 0. The summed E-state index contributed by atoms with van der Waals surface area (Å²) >= 11 is 0. The Labute approximate surface area is 66.0 Å². The van der Waals surface area contributed by atoms with Crippen LogP contribution < -0.4 is 0 Å². The monoisotopic (exact) mass is 223 g/mol. The molecular formula is H7AlCuMoSi. The molecule has 0 aromatic carbocycles. The summed E-state index contributed by atoms with van der Waals surface area (Å²) in [5.41, 5.74) is 0. The normalized spacial score (nSPS) is 0. The van der Waals surface area contributed by atoms with Gasteiger partial charge in [0.1, 0.15) is 0 Å². The quantitative estimate of drug-likeness (QED) is 0.393. The molecule has 0 fully saturated rings. The molecular weight excluding hydrogens is 215 g/mol. The summed E-state index contributed by atoms with van der Waals surface area (Å²) in [5, 5.41) is 0. The Kier molecular flexibility index (Phi) is 194. The first-order valence-corrected chi connectivity index (χ1v) is 0. The van der Waals surface area contributed by atoms with Gasteiger partial charge in [0.25, 0.3) is 0 Å². The first-order valence-electron chi connectivity index (χ1n) is 0. The molecule has 0 saturated carbocycles. The standard InChI is InChI=1S/Al.Cu.Mo.H4Si.3H/h;;;1H4;;;. The molecule has 0 aromatic heterocycles. The zero-order valence-electron chi connectivity index (χ0n) is 0.710. The summed E-state index contributed by atoms with van der Waals surface area (Å²) in [7, 11) is 0. The smallest absolute Gasteiger partial charge is 0.0149 e. The summed E-state index contributed by atoms with van der Waals surface area (Å²) < 4.78 is 0. The molecule has 31 valence electrons. The van der Waals surface area contributed by atoms with Crippen LogP contribution in [-0.2, 0) is 38.1 Å². The van der Waals surface area contributed by atoms with Crippen LogP contribution in [0, 0.1) is 0 Å². The van der Waals surface area contributed by atoms with E-state index in [0.29, 0.717) is 0 Å². The first kappa shape index (κ1) is 38.2. The van der Waals surface area contributed by atoms with Crippen molar-refractivity contribution in [3.05, 3.63) is 0 Å². The van der Waals surface area contributed by atoms with Gasteiger partial charge >= 0.3 is 0 Å². The predicted molar refractivity (Wildman–Crippen MR) is 21.3 cm³/mol. The van der Waals surface area contributed by atoms with Gasteiger partial charge in [0.05, 0.1) is 0 Å². The molecule has 0 saturated heterocycles. The van der Waals surface area contributed by atoms with Crippen LogP contribution >= 0.6 is 0 Å². The maximum absolute atomic E-state index is 0. The van der Waals surface area contributed by atoms with E-state index in [0.717, 1.165) is 0 Å². The van der Waals surface area contributed by atoms with Gasteiger partial charge in [0.2, 0.25) is 0 Å². The van der Waals surface area contributed by atoms with E-state index < -0.39 is 0 Å². The molecule has 4 heteroatoms. The summed E-state index contributed by atoms with van der Waals surface area (Å²) in [4.78, 5) is 0. The molecule has 0 nitrogen and oxygen atoms in total. The minimum absolute atomic E-state index is 0. The van der Waals surface area contributed by atoms with Crippen molar-refractivity contribution in [1.82, 2.24) is 0 Å². The Bertz CT molecular complexity index is 8.00.